The van der Waals surface area contributed by atoms with Crippen LogP contribution < -0.4 is 30.3 Å². The van der Waals surface area contributed by atoms with Gasteiger partial charge in [0, 0.05) is 69.1 Å². The molecule has 0 bridgehead atoms. The maximum atomic E-state index is 16.2. The number of rotatable bonds is 14. The molecule has 3 atom stereocenters. The van der Waals surface area contributed by atoms with Crippen molar-refractivity contribution in [2.75, 3.05) is 76.2 Å². The molecule has 16 nitrogen and oxygen atoms in total. The van der Waals surface area contributed by atoms with Crippen molar-refractivity contribution in [2.24, 2.45) is 11.8 Å². The topological polar surface area (TPSA) is 191 Å². The number of hydrogen-bond donors (Lipinski definition) is 3. The summed E-state index contributed by atoms with van der Waals surface area (Å²) in [6, 6.07) is 20.3. The minimum Gasteiger partial charge on any atom is -0.478 e. The average Bonchev–Trinajstić information content (AvgIpc) is 4.02. The van der Waals surface area contributed by atoms with E-state index in [1.54, 1.807) is 54.6 Å². The first-order valence-corrected chi connectivity index (χ1v) is 28.2. The molecular formula is C58H66F2N9O7Sb. The van der Waals surface area contributed by atoms with Crippen LogP contribution in [0.2, 0.25) is 3.86 Å². The molecule has 404 valence electrons. The number of nitrogens with one attached hydrogen (secondary N) is 3. The third-order valence-electron chi connectivity index (χ3n) is 16.1. The van der Waals surface area contributed by atoms with Crippen LogP contribution in [0.25, 0.3) is 22.2 Å². The fourth-order valence-corrected chi connectivity index (χ4v) is 12.6. The SMILES string of the molecule is CC(CCC(=O)NC=O)c1cncc(N2CCC(CN3CCC(C(=O)NCCOc4ccc5c(c4)C(C=O)[CH]([Sb])CC(=O)N5)CC3)CC2)c1.CN1CCC2(CC1)Oc1ccccc1-c1cc3c(C#N)cccc3n1C2(F)F. The summed E-state index contributed by atoms with van der Waals surface area (Å²) in [7, 11) is 1.94. The molecule has 4 amide bonds. The van der Waals surface area contributed by atoms with Gasteiger partial charge < -0.3 is 19.4 Å². The molecule has 0 saturated carbocycles. The first kappa shape index (κ1) is 55.3. The maximum absolute atomic E-state index is 16.2. The minimum atomic E-state index is -3.27. The van der Waals surface area contributed by atoms with Gasteiger partial charge in [0.05, 0.1) is 34.7 Å². The third-order valence-corrected chi connectivity index (χ3v) is 17.6. The number of hydrogen-bond acceptors (Lipinski definition) is 12. The quantitative estimate of drug-likeness (QED) is 0.0564. The summed E-state index contributed by atoms with van der Waals surface area (Å²) in [5.74, 6) is 1.26. The summed E-state index contributed by atoms with van der Waals surface area (Å²) in [6.07, 6.45) is 10.8. The number of likely N-dealkylation sites (tertiary alicyclic amines) is 2. The number of carbonyl (C=O) groups excluding carboxylic acids is 5. The Morgan fingerprint density at radius 3 is 2.49 bits per heavy atom. The first-order valence-electron chi connectivity index (χ1n) is 26.7. The normalized spacial score (nSPS) is 20.7. The number of para-hydroxylation sites is 1. The Bertz CT molecular complexity index is 3000. The Kier molecular flexibility index (Phi) is 17.6. The molecule has 2 radical (unpaired) electrons. The van der Waals surface area contributed by atoms with Crippen LogP contribution in [-0.2, 0) is 30.0 Å². The molecule has 19 heteroatoms. The number of alkyl halides is 2. The van der Waals surface area contributed by atoms with E-state index >= 15 is 8.78 Å². The predicted molar refractivity (Wildman–Crippen MR) is 289 cm³/mol. The van der Waals surface area contributed by atoms with Gasteiger partial charge in [-0.3, -0.25) is 24.5 Å². The van der Waals surface area contributed by atoms with E-state index in [1.807, 2.05) is 36.5 Å². The number of halogens is 2. The summed E-state index contributed by atoms with van der Waals surface area (Å²) >= 11 is 1.49. The van der Waals surface area contributed by atoms with Crippen molar-refractivity contribution >= 4 is 75.7 Å². The second-order valence-corrected chi connectivity index (χ2v) is 23.0. The summed E-state index contributed by atoms with van der Waals surface area (Å²) in [5, 5.41) is 18.1. The Morgan fingerprint density at radius 1 is 0.987 bits per heavy atom. The number of imide groups is 1. The Morgan fingerprint density at radius 2 is 1.75 bits per heavy atom. The van der Waals surface area contributed by atoms with Crippen molar-refractivity contribution in [3.05, 3.63) is 102 Å². The summed E-state index contributed by atoms with van der Waals surface area (Å²) in [5.41, 5.74) is 3.78. The second kappa shape index (κ2) is 24.5. The fourth-order valence-electron chi connectivity index (χ4n) is 11.5. The molecule has 5 aliphatic heterocycles. The molecular weight excluding hydrogens is 1090 g/mol. The Balaban J connectivity index is 0.000000216. The van der Waals surface area contributed by atoms with Gasteiger partial charge in [-0.05, 0) is 93.2 Å². The fraction of sp³-hybridized carbons (Fsp3) is 0.466. The van der Waals surface area contributed by atoms with E-state index in [0.717, 1.165) is 86.1 Å². The van der Waals surface area contributed by atoms with E-state index in [-0.39, 0.29) is 52.2 Å². The number of piperidine rings is 3. The van der Waals surface area contributed by atoms with Gasteiger partial charge in [-0.2, -0.15) is 14.0 Å². The number of anilines is 2. The molecule has 77 heavy (non-hydrogen) atoms. The molecule has 3 N–H and O–H groups in total. The standard InChI is InChI=1S/C36H47N6O6.C22H19F2N3O.Sb/c1-25(2-6-34(45)39-24-44)29-18-30(21-37-20-29)42-15-8-26(9-16-42)22-41-13-10-27(11-14-41)36(47)38-12-17-48-31-4-5-33-32(19-31)28(23-43)3-7-35(46)40-33;1-26-11-9-21(10-12-26)22(23,24)27-18-7-4-5-15(14-25)17(18)13-19(27)16-6-2-3-8-20(16)28-21;/h3-5,18-21,23-28H,2,6-17,22H2,1H3,(H,38,47)(H,40,46)(H,39,44,45);2-8,13H,9-12H2,1H3;. The third kappa shape index (κ3) is 12.3. The van der Waals surface area contributed by atoms with E-state index in [4.69, 9.17) is 9.47 Å². The first-order chi connectivity index (χ1) is 37.2. The van der Waals surface area contributed by atoms with E-state index in [9.17, 15) is 29.2 Å². The smallest absolute Gasteiger partial charge is 0.478 e. The molecule has 5 aromatic rings. The molecule has 3 aromatic carbocycles. The number of pyridine rings is 1. The zero-order chi connectivity index (χ0) is 54.3. The van der Waals surface area contributed by atoms with E-state index in [1.165, 1.54) is 23.0 Å². The molecule has 1 spiro atoms. The van der Waals surface area contributed by atoms with Gasteiger partial charge in [0.1, 0.15) is 5.75 Å². The van der Waals surface area contributed by atoms with Gasteiger partial charge >= 0.3 is 160 Å². The zero-order valence-corrected chi connectivity index (χ0v) is 46.1. The minimum absolute atomic E-state index is 0.00658. The van der Waals surface area contributed by atoms with Crippen LogP contribution in [0.15, 0.2) is 85.2 Å². The number of benzene rings is 3. The summed E-state index contributed by atoms with van der Waals surface area (Å²) in [6.45, 7) is 8.74. The van der Waals surface area contributed by atoms with Crippen molar-refractivity contribution in [2.45, 2.75) is 92.1 Å². The Hall–Kier alpha value is -6.41. The number of amides is 4. The second-order valence-electron chi connectivity index (χ2n) is 21.1. The van der Waals surface area contributed by atoms with Crippen LogP contribution in [0.3, 0.4) is 0 Å². The summed E-state index contributed by atoms with van der Waals surface area (Å²) in [4.78, 5) is 70.4. The van der Waals surface area contributed by atoms with E-state index in [2.05, 4.69) is 49.8 Å². The van der Waals surface area contributed by atoms with E-state index in [0.29, 0.717) is 103 Å². The number of ether oxygens (including phenoxy) is 2. The number of carbonyl (C=O) groups is 5. The van der Waals surface area contributed by atoms with Crippen LogP contribution in [0.4, 0.5) is 20.2 Å². The number of nitrogens with zero attached hydrogens (tertiary/aromatic N) is 6. The molecule has 7 heterocycles. The summed E-state index contributed by atoms with van der Waals surface area (Å²) < 4.78 is 45.5. The van der Waals surface area contributed by atoms with Crippen molar-refractivity contribution in [1.82, 2.24) is 30.0 Å². The molecule has 2 aromatic heterocycles. The van der Waals surface area contributed by atoms with Crippen molar-refractivity contribution in [3.8, 4) is 28.8 Å². The van der Waals surface area contributed by atoms with Gasteiger partial charge in [0.2, 0.25) is 12.3 Å². The van der Waals surface area contributed by atoms with Crippen LogP contribution in [0.1, 0.15) is 93.2 Å². The van der Waals surface area contributed by atoms with Gasteiger partial charge in [0.25, 0.3) is 0 Å². The molecule has 10 rings (SSSR count). The van der Waals surface area contributed by atoms with E-state index < -0.39 is 11.6 Å². The number of fused-ring (bicyclic) bond motifs is 6. The number of aldehydes is 1. The van der Waals surface area contributed by atoms with Crippen molar-refractivity contribution in [1.29, 1.82) is 5.26 Å². The van der Waals surface area contributed by atoms with Gasteiger partial charge in [-0.15, -0.1) is 0 Å². The molecule has 3 fully saturated rings. The monoisotopic (exact) mass is 1160 g/mol. The van der Waals surface area contributed by atoms with Crippen LogP contribution >= 0.6 is 0 Å². The van der Waals surface area contributed by atoms with Crippen LogP contribution in [0.5, 0.6) is 11.5 Å². The molecule has 3 unspecified atom stereocenters. The van der Waals surface area contributed by atoms with Crippen LogP contribution in [-0.4, -0.2) is 144 Å². The molecule has 5 aliphatic rings. The van der Waals surface area contributed by atoms with Crippen molar-refractivity contribution < 1.29 is 42.2 Å². The zero-order valence-electron chi connectivity index (χ0n) is 43.6. The Labute approximate surface area is 461 Å². The molecule has 3 saturated heterocycles. The van der Waals surface area contributed by atoms with Gasteiger partial charge in [0.15, 0.2) is 5.60 Å². The van der Waals surface area contributed by atoms with Crippen LogP contribution in [0, 0.1) is 23.2 Å². The van der Waals surface area contributed by atoms with Gasteiger partial charge in [-0.1, -0.05) is 25.1 Å². The van der Waals surface area contributed by atoms with Gasteiger partial charge in [-0.25, -0.2) is 0 Å². The number of aromatic nitrogens is 2. The predicted octanol–water partition coefficient (Wildman–Crippen LogP) is 7.53. The van der Waals surface area contributed by atoms with Crippen molar-refractivity contribution in [3.63, 3.8) is 0 Å². The number of nitriles is 1. The average molecular weight is 1160 g/mol. The molecule has 0 aliphatic carbocycles.